The Labute approximate surface area is 118 Å². The molecule has 0 radical (unpaired) electrons. The van der Waals surface area contributed by atoms with E-state index in [4.69, 9.17) is 10.8 Å². The van der Waals surface area contributed by atoms with Gasteiger partial charge in [0.05, 0.1) is 17.6 Å². The number of benzene rings is 1. The summed E-state index contributed by atoms with van der Waals surface area (Å²) >= 11 is 0. The first-order chi connectivity index (χ1) is 9.60. The second-order valence-electron chi connectivity index (χ2n) is 5.22. The van der Waals surface area contributed by atoms with Gasteiger partial charge in [-0.3, -0.25) is 0 Å². The molecule has 0 amide bonds. The number of hydrogen-bond donors (Lipinski definition) is 1. The molecule has 3 rings (SSSR count). The van der Waals surface area contributed by atoms with E-state index >= 15 is 0 Å². The lowest BCUT2D eigenvalue weighted by molar-refractivity contribution is 0.849. The zero-order chi connectivity index (χ0) is 14.3. The van der Waals surface area contributed by atoms with Crippen LogP contribution in [0.1, 0.15) is 22.4 Å². The molecule has 2 N–H and O–H groups in total. The quantitative estimate of drug-likeness (QED) is 0.776. The van der Waals surface area contributed by atoms with Gasteiger partial charge in [-0.15, -0.1) is 0 Å². The minimum Gasteiger partial charge on any atom is -0.325 e. The molecule has 3 aromatic rings. The van der Waals surface area contributed by atoms with Crippen LogP contribution in [0.15, 0.2) is 30.5 Å². The summed E-state index contributed by atoms with van der Waals surface area (Å²) in [6.45, 7) is 6.80. The molecule has 2 heterocycles. The third-order valence-corrected chi connectivity index (χ3v) is 3.58. The molecule has 0 saturated carbocycles. The van der Waals surface area contributed by atoms with Gasteiger partial charge in [0.1, 0.15) is 0 Å². The standard InChI is InChI=1S/C16H18N4/c1-10-6-11(2)16(12(3)7-10)14-4-5-15-18-9-13(8-17)20(15)19-14/h4-7,9H,8,17H2,1-3H3. The second-order valence-corrected chi connectivity index (χ2v) is 5.22. The van der Waals surface area contributed by atoms with Crippen molar-refractivity contribution in [3.05, 3.63) is 52.8 Å². The summed E-state index contributed by atoms with van der Waals surface area (Å²) in [7, 11) is 0. The Bertz CT molecular complexity index is 763. The molecule has 1 aromatic carbocycles. The number of aryl methyl sites for hydroxylation is 3. The number of aromatic nitrogens is 3. The summed E-state index contributed by atoms with van der Waals surface area (Å²) in [5.41, 5.74) is 13.4. The van der Waals surface area contributed by atoms with Crippen LogP contribution in [0.3, 0.4) is 0 Å². The predicted octanol–water partition coefficient (Wildman–Crippen LogP) is 2.78. The van der Waals surface area contributed by atoms with E-state index in [1.54, 1.807) is 6.20 Å². The fourth-order valence-electron chi connectivity index (χ4n) is 2.78. The van der Waals surface area contributed by atoms with Crippen LogP contribution < -0.4 is 5.73 Å². The van der Waals surface area contributed by atoms with Crippen molar-refractivity contribution in [2.45, 2.75) is 27.3 Å². The molecule has 4 heteroatoms. The summed E-state index contributed by atoms with van der Waals surface area (Å²) in [5, 5.41) is 4.70. The van der Waals surface area contributed by atoms with E-state index in [1.165, 1.54) is 22.3 Å². The van der Waals surface area contributed by atoms with Crippen molar-refractivity contribution in [3.63, 3.8) is 0 Å². The van der Waals surface area contributed by atoms with E-state index in [0.29, 0.717) is 6.54 Å². The monoisotopic (exact) mass is 266 g/mol. The molecule has 0 aliphatic rings. The molecule has 0 aliphatic heterocycles. The minimum atomic E-state index is 0.434. The van der Waals surface area contributed by atoms with E-state index in [-0.39, 0.29) is 0 Å². The van der Waals surface area contributed by atoms with Crippen LogP contribution in [0.4, 0.5) is 0 Å². The highest BCUT2D eigenvalue weighted by Crippen LogP contribution is 2.27. The van der Waals surface area contributed by atoms with Crippen LogP contribution in [-0.4, -0.2) is 14.6 Å². The Morgan fingerprint density at radius 1 is 1.10 bits per heavy atom. The number of hydrogen-bond acceptors (Lipinski definition) is 3. The lowest BCUT2D eigenvalue weighted by Gasteiger charge is -2.11. The van der Waals surface area contributed by atoms with Gasteiger partial charge in [-0.25, -0.2) is 9.50 Å². The maximum atomic E-state index is 5.73. The second kappa shape index (κ2) is 4.72. The highest BCUT2D eigenvalue weighted by molar-refractivity contribution is 5.68. The first-order valence-electron chi connectivity index (χ1n) is 6.72. The van der Waals surface area contributed by atoms with Crippen LogP contribution in [-0.2, 0) is 6.54 Å². The predicted molar refractivity (Wildman–Crippen MR) is 80.5 cm³/mol. The zero-order valence-electron chi connectivity index (χ0n) is 12.0. The molecular weight excluding hydrogens is 248 g/mol. The first-order valence-corrected chi connectivity index (χ1v) is 6.72. The number of nitrogens with zero attached hydrogens (tertiary/aromatic N) is 3. The lowest BCUT2D eigenvalue weighted by atomic mass is 9.97. The highest BCUT2D eigenvalue weighted by atomic mass is 15.3. The molecule has 2 aromatic heterocycles. The largest absolute Gasteiger partial charge is 0.325 e. The third-order valence-electron chi connectivity index (χ3n) is 3.58. The molecular formula is C16H18N4. The summed E-state index contributed by atoms with van der Waals surface area (Å²) < 4.78 is 1.83. The van der Waals surface area contributed by atoms with Gasteiger partial charge >= 0.3 is 0 Å². The normalized spacial score (nSPS) is 11.2. The van der Waals surface area contributed by atoms with Gasteiger partial charge < -0.3 is 5.73 Å². The van der Waals surface area contributed by atoms with Crippen LogP contribution in [0, 0.1) is 20.8 Å². The number of fused-ring (bicyclic) bond motifs is 1. The molecule has 102 valence electrons. The Morgan fingerprint density at radius 3 is 2.45 bits per heavy atom. The average Bonchev–Trinajstić information content (AvgIpc) is 2.79. The van der Waals surface area contributed by atoms with Crippen molar-refractivity contribution >= 4 is 5.65 Å². The van der Waals surface area contributed by atoms with Gasteiger partial charge in [-0.1, -0.05) is 17.7 Å². The smallest absolute Gasteiger partial charge is 0.153 e. The van der Waals surface area contributed by atoms with E-state index in [9.17, 15) is 0 Å². The third kappa shape index (κ3) is 1.98. The van der Waals surface area contributed by atoms with Gasteiger partial charge in [0.2, 0.25) is 0 Å². The summed E-state index contributed by atoms with van der Waals surface area (Å²) in [6, 6.07) is 8.38. The van der Waals surface area contributed by atoms with Crippen LogP contribution in [0.2, 0.25) is 0 Å². The molecule has 20 heavy (non-hydrogen) atoms. The first kappa shape index (κ1) is 12.8. The summed E-state index contributed by atoms with van der Waals surface area (Å²) in [5.74, 6) is 0. The molecule has 0 saturated heterocycles. The average molecular weight is 266 g/mol. The van der Waals surface area contributed by atoms with Crippen molar-refractivity contribution < 1.29 is 0 Å². The SMILES string of the molecule is Cc1cc(C)c(-c2ccc3ncc(CN)n3n2)c(C)c1. The topological polar surface area (TPSA) is 56.2 Å². The van der Waals surface area contributed by atoms with Gasteiger partial charge in [0, 0.05) is 12.1 Å². The summed E-state index contributed by atoms with van der Waals surface area (Å²) in [6.07, 6.45) is 1.78. The minimum absolute atomic E-state index is 0.434. The molecule has 0 aliphatic carbocycles. The molecule has 0 bridgehead atoms. The molecule has 0 spiro atoms. The van der Waals surface area contributed by atoms with Gasteiger partial charge in [0.15, 0.2) is 5.65 Å². The van der Waals surface area contributed by atoms with E-state index in [1.807, 2.05) is 16.6 Å². The fourth-order valence-corrected chi connectivity index (χ4v) is 2.78. The van der Waals surface area contributed by atoms with E-state index < -0.39 is 0 Å². The zero-order valence-corrected chi connectivity index (χ0v) is 12.0. The Morgan fingerprint density at radius 2 is 1.80 bits per heavy atom. The maximum Gasteiger partial charge on any atom is 0.153 e. The van der Waals surface area contributed by atoms with Gasteiger partial charge in [-0.05, 0) is 44.0 Å². The number of imidazole rings is 1. The van der Waals surface area contributed by atoms with Crippen molar-refractivity contribution in [1.29, 1.82) is 0 Å². The molecule has 0 unspecified atom stereocenters. The Hall–Kier alpha value is -2.20. The maximum absolute atomic E-state index is 5.73. The van der Waals surface area contributed by atoms with E-state index in [0.717, 1.165) is 17.0 Å². The Kier molecular flexibility index (Phi) is 3.03. The van der Waals surface area contributed by atoms with Gasteiger partial charge in [0.25, 0.3) is 0 Å². The van der Waals surface area contributed by atoms with E-state index in [2.05, 4.69) is 37.9 Å². The van der Waals surface area contributed by atoms with Gasteiger partial charge in [-0.2, -0.15) is 5.10 Å². The van der Waals surface area contributed by atoms with Crippen LogP contribution in [0.25, 0.3) is 16.9 Å². The fraction of sp³-hybridized carbons (Fsp3) is 0.250. The summed E-state index contributed by atoms with van der Waals surface area (Å²) in [4.78, 5) is 4.30. The van der Waals surface area contributed by atoms with Crippen LogP contribution >= 0.6 is 0 Å². The van der Waals surface area contributed by atoms with Crippen molar-refractivity contribution in [1.82, 2.24) is 14.6 Å². The molecule has 0 atom stereocenters. The number of rotatable bonds is 2. The van der Waals surface area contributed by atoms with Crippen LogP contribution in [0.5, 0.6) is 0 Å². The Balaban J connectivity index is 2.24. The molecule has 0 fully saturated rings. The number of nitrogens with two attached hydrogens (primary N) is 1. The highest BCUT2D eigenvalue weighted by Gasteiger charge is 2.10. The lowest BCUT2D eigenvalue weighted by Crippen LogP contribution is -2.05. The van der Waals surface area contributed by atoms with Crippen molar-refractivity contribution in [2.24, 2.45) is 5.73 Å². The molecule has 4 nitrogen and oxygen atoms in total. The van der Waals surface area contributed by atoms with Crippen molar-refractivity contribution in [3.8, 4) is 11.3 Å². The van der Waals surface area contributed by atoms with Crippen molar-refractivity contribution in [2.75, 3.05) is 0 Å².